The van der Waals surface area contributed by atoms with Gasteiger partial charge in [0.15, 0.2) is 0 Å². The summed E-state index contributed by atoms with van der Waals surface area (Å²) in [5.41, 5.74) is 0.898. The molecular weight excluding hydrogens is 252 g/mol. The summed E-state index contributed by atoms with van der Waals surface area (Å²) in [5.74, 6) is 2.33. The van der Waals surface area contributed by atoms with Gasteiger partial charge in [-0.15, -0.1) is 0 Å². The molecule has 0 saturated heterocycles. The fourth-order valence-electron chi connectivity index (χ4n) is 1.78. The lowest BCUT2D eigenvalue weighted by Gasteiger charge is -2.06. The molecule has 2 aromatic heterocycles. The molecule has 2 heterocycles. The predicted octanol–water partition coefficient (Wildman–Crippen LogP) is 2.84. The van der Waals surface area contributed by atoms with Crippen LogP contribution in [0.25, 0.3) is 0 Å². The molecule has 0 radical (unpaired) electrons. The Morgan fingerprint density at radius 3 is 2.72 bits per heavy atom. The van der Waals surface area contributed by atoms with E-state index >= 15 is 0 Å². The number of ether oxygens (including phenoxy) is 1. The first-order valence-electron chi connectivity index (χ1n) is 5.85. The molecule has 6 heteroatoms. The molecule has 2 aromatic rings. The van der Waals surface area contributed by atoms with Gasteiger partial charge in [-0.1, -0.05) is 11.6 Å². The van der Waals surface area contributed by atoms with Crippen molar-refractivity contribution in [2.45, 2.75) is 25.7 Å². The third-order valence-electron chi connectivity index (χ3n) is 2.80. The highest BCUT2D eigenvalue weighted by molar-refractivity contribution is 6.29. The largest absolute Gasteiger partial charge is 0.421 e. The predicted molar refractivity (Wildman–Crippen MR) is 67.0 cm³/mol. The van der Waals surface area contributed by atoms with E-state index < -0.39 is 0 Å². The topological polar surface area (TPSA) is 52.8 Å². The lowest BCUT2D eigenvalue weighted by atomic mass is 10.4. The Morgan fingerprint density at radius 2 is 2.11 bits per heavy atom. The molecule has 0 aliphatic heterocycles. The van der Waals surface area contributed by atoms with E-state index in [0.29, 0.717) is 22.8 Å². The van der Waals surface area contributed by atoms with Crippen molar-refractivity contribution >= 4 is 11.6 Å². The van der Waals surface area contributed by atoms with Crippen LogP contribution >= 0.6 is 11.6 Å². The molecule has 0 bridgehead atoms. The summed E-state index contributed by atoms with van der Waals surface area (Å²) < 4.78 is 7.36. The SMILES string of the molecule is Cc1cc(Oc2cc(Cl)nc(C3CC3)n2)n(C)n1. The van der Waals surface area contributed by atoms with Crippen molar-refractivity contribution in [1.29, 1.82) is 0 Å². The number of hydrogen-bond donors (Lipinski definition) is 0. The van der Waals surface area contributed by atoms with Crippen molar-refractivity contribution in [2.75, 3.05) is 0 Å². The highest BCUT2D eigenvalue weighted by atomic mass is 35.5. The molecule has 94 valence electrons. The van der Waals surface area contributed by atoms with E-state index in [9.17, 15) is 0 Å². The van der Waals surface area contributed by atoms with Crippen molar-refractivity contribution < 1.29 is 4.74 Å². The molecule has 0 unspecified atom stereocenters. The van der Waals surface area contributed by atoms with Gasteiger partial charge in [0, 0.05) is 25.1 Å². The van der Waals surface area contributed by atoms with Gasteiger partial charge in [0.1, 0.15) is 11.0 Å². The van der Waals surface area contributed by atoms with E-state index in [1.807, 2.05) is 20.0 Å². The third-order valence-corrected chi connectivity index (χ3v) is 2.99. The molecule has 0 N–H and O–H groups in total. The molecule has 0 aromatic carbocycles. The first kappa shape index (κ1) is 11.5. The molecular formula is C12H13ClN4O. The fourth-order valence-corrected chi connectivity index (χ4v) is 1.96. The molecule has 1 aliphatic rings. The van der Waals surface area contributed by atoms with Gasteiger partial charge >= 0.3 is 0 Å². The lowest BCUT2D eigenvalue weighted by molar-refractivity contribution is 0.412. The summed E-state index contributed by atoms with van der Waals surface area (Å²) in [5, 5.41) is 4.63. The maximum absolute atomic E-state index is 5.98. The zero-order valence-corrected chi connectivity index (χ0v) is 11.0. The minimum Gasteiger partial charge on any atom is -0.421 e. The van der Waals surface area contributed by atoms with E-state index in [2.05, 4.69) is 15.1 Å². The first-order chi connectivity index (χ1) is 8.61. The van der Waals surface area contributed by atoms with E-state index in [1.165, 1.54) is 0 Å². The third kappa shape index (κ3) is 2.31. The van der Waals surface area contributed by atoms with Gasteiger partial charge in [0.2, 0.25) is 11.8 Å². The number of hydrogen-bond acceptors (Lipinski definition) is 4. The Labute approximate surface area is 110 Å². The van der Waals surface area contributed by atoms with Crippen LogP contribution in [0, 0.1) is 6.92 Å². The summed E-state index contributed by atoms with van der Waals surface area (Å²) in [6, 6.07) is 3.47. The zero-order valence-electron chi connectivity index (χ0n) is 10.2. The van der Waals surface area contributed by atoms with Crippen LogP contribution in [0.3, 0.4) is 0 Å². The Bertz CT molecular complexity index is 592. The van der Waals surface area contributed by atoms with Crippen LogP contribution in [0.2, 0.25) is 5.15 Å². The maximum Gasteiger partial charge on any atom is 0.226 e. The summed E-state index contributed by atoms with van der Waals surface area (Å²) in [6.07, 6.45) is 2.26. The zero-order chi connectivity index (χ0) is 12.7. The van der Waals surface area contributed by atoms with E-state index in [-0.39, 0.29) is 0 Å². The van der Waals surface area contributed by atoms with Gasteiger partial charge in [0.05, 0.1) is 5.69 Å². The van der Waals surface area contributed by atoms with Crippen molar-refractivity contribution in [3.05, 3.63) is 28.8 Å². The van der Waals surface area contributed by atoms with E-state index in [1.54, 1.807) is 10.7 Å². The number of aryl methyl sites for hydroxylation is 2. The number of nitrogens with zero attached hydrogens (tertiary/aromatic N) is 4. The maximum atomic E-state index is 5.98. The van der Waals surface area contributed by atoms with Gasteiger partial charge in [-0.25, -0.2) is 9.67 Å². The molecule has 1 fully saturated rings. The highest BCUT2D eigenvalue weighted by Crippen LogP contribution is 2.39. The second-order valence-corrected chi connectivity index (χ2v) is 4.90. The van der Waals surface area contributed by atoms with Crippen LogP contribution in [0.1, 0.15) is 30.3 Å². The van der Waals surface area contributed by atoms with Crippen LogP contribution in [-0.4, -0.2) is 19.7 Å². The number of halogens is 1. The van der Waals surface area contributed by atoms with Crippen LogP contribution in [0.15, 0.2) is 12.1 Å². The monoisotopic (exact) mass is 264 g/mol. The number of aromatic nitrogens is 4. The van der Waals surface area contributed by atoms with Gasteiger partial charge in [-0.05, 0) is 19.8 Å². The van der Waals surface area contributed by atoms with Crippen LogP contribution in [0.5, 0.6) is 11.8 Å². The smallest absolute Gasteiger partial charge is 0.226 e. The molecule has 18 heavy (non-hydrogen) atoms. The Balaban J connectivity index is 1.89. The van der Waals surface area contributed by atoms with Crippen molar-refractivity contribution in [2.24, 2.45) is 7.05 Å². The Hall–Kier alpha value is -1.62. The Morgan fingerprint density at radius 1 is 1.33 bits per heavy atom. The van der Waals surface area contributed by atoms with Crippen molar-refractivity contribution in [3.63, 3.8) is 0 Å². The Kier molecular flexibility index (Phi) is 2.70. The minimum absolute atomic E-state index is 0.417. The minimum atomic E-state index is 0.417. The average Bonchev–Trinajstić information content (AvgIpc) is 3.06. The number of rotatable bonds is 3. The van der Waals surface area contributed by atoms with Crippen molar-refractivity contribution in [3.8, 4) is 11.8 Å². The van der Waals surface area contributed by atoms with Crippen LogP contribution in [-0.2, 0) is 7.05 Å². The second-order valence-electron chi connectivity index (χ2n) is 4.51. The lowest BCUT2D eigenvalue weighted by Crippen LogP contribution is -1.99. The molecule has 0 spiro atoms. The fraction of sp³-hybridized carbons (Fsp3) is 0.417. The summed E-state index contributed by atoms with van der Waals surface area (Å²) in [7, 11) is 1.83. The van der Waals surface area contributed by atoms with E-state index in [0.717, 1.165) is 24.4 Å². The molecule has 3 rings (SSSR count). The first-order valence-corrected chi connectivity index (χ1v) is 6.22. The average molecular weight is 265 g/mol. The molecule has 0 atom stereocenters. The summed E-state index contributed by atoms with van der Waals surface area (Å²) in [4.78, 5) is 8.60. The van der Waals surface area contributed by atoms with Gasteiger partial charge in [-0.3, -0.25) is 0 Å². The van der Waals surface area contributed by atoms with Gasteiger partial charge in [-0.2, -0.15) is 10.1 Å². The quantitative estimate of drug-likeness (QED) is 0.800. The molecule has 1 aliphatic carbocycles. The highest BCUT2D eigenvalue weighted by Gasteiger charge is 2.27. The normalized spacial score (nSPS) is 14.8. The van der Waals surface area contributed by atoms with Gasteiger partial charge < -0.3 is 4.74 Å². The summed E-state index contributed by atoms with van der Waals surface area (Å²) in [6.45, 7) is 1.91. The van der Waals surface area contributed by atoms with Crippen LogP contribution in [0.4, 0.5) is 0 Å². The molecule has 5 nitrogen and oxygen atoms in total. The standard InChI is InChI=1S/C12H13ClN4O/c1-7-5-11(17(2)16-7)18-10-6-9(13)14-12(15-10)8-3-4-8/h5-6,8H,3-4H2,1-2H3. The van der Waals surface area contributed by atoms with Crippen molar-refractivity contribution in [1.82, 2.24) is 19.7 Å². The molecule has 1 saturated carbocycles. The second kappa shape index (κ2) is 4.24. The van der Waals surface area contributed by atoms with E-state index in [4.69, 9.17) is 16.3 Å². The summed E-state index contributed by atoms with van der Waals surface area (Å²) >= 11 is 5.98. The van der Waals surface area contributed by atoms with Gasteiger partial charge in [0.25, 0.3) is 0 Å². The molecule has 0 amide bonds. The van der Waals surface area contributed by atoms with Crippen LogP contribution < -0.4 is 4.74 Å².